The number of rotatable bonds is 1. The zero-order valence-corrected chi connectivity index (χ0v) is 12.1. The molecule has 2 aliphatic heterocycles. The molecule has 2 aliphatic rings. The number of para-hydroxylation sites is 1. The van der Waals surface area contributed by atoms with Crippen LogP contribution in [-0.4, -0.2) is 47.2 Å². The Balaban J connectivity index is 1.53. The van der Waals surface area contributed by atoms with E-state index in [0.29, 0.717) is 11.1 Å². The summed E-state index contributed by atoms with van der Waals surface area (Å²) in [5, 5.41) is 11.6. The van der Waals surface area contributed by atoms with Crippen molar-refractivity contribution >= 4 is 16.8 Å². The Kier molecular flexibility index (Phi) is 2.96. The predicted molar refractivity (Wildman–Crippen MR) is 81.2 cm³/mol. The van der Waals surface area contributed by atoms with Crippen LogP contribution in [0.15, 0.2) is 24.3 Å². The monoisotopic (exact) mass is 284 g/mol. The number of benzene rings is 1. The highest BCUT2D eigenvalue weighted by Gasteiger charge is 2.38. The average Bonchev–Trinajstić information content (AvgIpc) is 3.15. The minimum Gasteiger partial charge on any atom is -0.337 e. The topological polar surface area (TPSA) is 61.0 Å². The second kappa shape index (κ2) is 4.84. The lowest BCUT2D eigenvalue weighted by Crippen LogP contribution is -2.44. The van der Waals surface area contributed by atoms with E-state index in [-0.39, 0.29) is 5.91 Å². The molecule has 21 heavy (non-hydrogen) atoms. The number of hydrogen-bond donors (Lipinski definition) is 2. The Hall–Kier alpha value is -1.88. The summed E-state index contributed by atoms with van der Waals surface area (Å²) in [6.45, 7) is 3.93. The van der Waals surface area contributed by atoms with Gasteiger partial charge in [0, 0.05) is 25.0 Å². The first-order chi connectivity index (χ1) is 10.3. The molecule has 0 unspecified atom stereocenters. The first-order valence-corrected chi connectivity index (χ1v) is 7.71. The molecule has 2 aromatic rings. The van der Waals surface area contributed by atoms with Gasteiger partial charge in [0.25, 0.3) is 5.91 Å². The Morgan fingerprint density at radius 2 is 2.00 bits per heavy atom. The highest BCUT2D eigenvalue weighted by Crippen LogP contribution is 2.37. The molecule has 1 spiro atoms. The van der Waals surface area contributed by atoms with E-state index in [0.717, 1.165) is 49.9 Å². The number of amides is 1. The summed E-state index contributed by atoms with van der Waals surface area (Å²) in [7, 11) is 0. The molecule has 5 nitrogen and oxygen atoms in total. The molecule has 2 saturated heterocycles. The van der Waals surface area contributed by atoms with Gasteiger partial charge >= 0.3 is 0 Å². The van der Waals surface area contributed by atoms with Crippen LogP contribution in [-0.2, 0) is 0 Å². The molecule has 3 heterocycles. The number of carbonyl (C=O) groups excluding carboxylic acids is 1. The summed E-state index contributed by atoms with van der Waals surface area (Å²) in [5.74, 6) is 0.0632. The summed E-state index contributed by atoms with van der Waals surface area (Å²) in [4.78, 5) is 14.7. The van der Waals surface area contributed by atoms with E-state index in [1.807, 2.05) is 29.2 Å². The van der Waals surface area contributed by atoms with Crippen molar-refractivity contribution in [1.82, 2.24) is 20.4 Å². The van der Waals surface area contributed by atoms with Crippen LogP contribution in [0.3, 0.4) is 0 Å². The van der Waals surface area contributed by atoms with Crippen molar-refractivity contribution in [1.29, 1.82) is 0 Å². The highest BCUT2D eigenvalue weighted by molar-refractivity contribution is 6.04. The van der Waals surface area contributed by atoms with Crippen molar-refractivity contribution in [2.75, 3.05) is 26.2 Å². The number of carbonyl (C=O) groups is 1. The van der Waals surface area contributed by atoms with E-state index in [2.05, 4.69) is 15.5 Å². The van der Waals surface area contributed by atoms with E-state index in [1.165, 1.54) is 6.42 Å². The fourth-order valence-electron chi connectivity index (χ4n) is 3.68. The lowest BCUT2D eigenvalue weighted by Gasteiger charge is -2.38. The molecule has 2 fully saturated rings. The maximum Gasteiger partial charge on any atom is 0.274 e. The predicted octanol–water partition coefficient (Wildman–Crippen LogP) is 1.78. The van der Waals surface area contributed by atoms with Gasteiger partial charge in [0.1, 0.15) is 0 Å². The third-order valence-electron chi connectivity index (χ3n) is 5.12. The molecule has 0 atom stereocenters. The van der Waals surface area contributed by atoms with Gasteiger partial charge in [-0.1, -0.05) is 18.2 Å². The summed E-state index contributed by atoms with van der Waals surface area (Å²) < 4.78 is 0. The van der Waals surface area contributed by atoms with Crippen molar-refractivity contribution in [3.8, 4) is 0 Å². The molecule has 2 N–H and O–H groups in total. The van der Waals surface area contributed by atoms with E-state index >= 15 is 0 Å². The minimum absolute atomic E-state index is 0.0632. The molecule has 1 amide bonds. The van der Waals surface area contributed by atoms with Gasteiger partial charge in [-0.3, -0.25) is 9.89 Å². The molecule has 0 aliphatic carbocycles. The molecule has 1 aromatic carbocycles. The number of nitrogens with zero attached hydrogens (tertiary/aromatic N) is 2. The molecule has 0 saturated carbocycles. The van der Waals surface area contributed by atoms with Crippen molar-refractivity contribution in [3.05, 3.63) is 30.0 Å². The van der Waals surface area contributed by atoms with Crippen LogP contribution < -0.4 is 5.32 Å². The molecule has 5 heteroatoms. The van der Waals surface area contributed by atoms with Crippen LogP contribution >= 0.6 is 0 Å². The van der Waals surface area contributed by atoms with Gasteiger partial charge in [0.15, 0.2) is 5.69 Å². The smallest absolute Gasteiger partial charge is 0.274 e. The zero-order chi connectivity index (χ0) is 14.3. The number of fused-ring (bicyclic) bond motifs is 1. The van der Waals surface area contributed by atoms with Crippen LogP contribution in [0.2, 0.25) is 0 Å². The van der Waals surface area contributed by atoms with Crippen molar-refractivity contribution in [3.63, 3.8) is 0 Å². The maximum atomic E-state index is 12.7. The van der Waals surface area contributed by atoms with Gasteiger partial charge in [-0.15, -0.1) is 0 Å². The molecule has 110 valence electrons. The Morgan fingerprint density at radius 1 is 1.19 bits per heavy atom. The average molecular weight is 284 g/mol. The number of aromatic amines is 1. The SMILES string of the molecule is O=C(c1n[nH]c2ccccc12)N1CCC2(CCNC2)CC1. The van der Waals surface area contributed by atoms with E-state index in [4.69, 9.17) is 0 Å². The fraction of sp³-hybridized carbons (Fsp3) is 0.500. The van der Waals surface area contributed by atoms with Gasteiger partial charge in [0.05, 0.1) is 5.52 Å². The first kappa shape index (κ1) is 12.8. The van der Waals surface area contributed by atoms with E-state index < -0.39 is 0 Å². The van der Waals surface area contributed by atoms with Crippen LogP contribution in [0.4, 0.5) is 0 Å². The summed E-state index contributed by atoms with van der Waals surface area (Å²) in [6.07, 6.45) is 3.46. The Morgan fingerprint density at radius 3 is 2.76 bits per heavy atom. The Labute approximate surface area is 123 Å². The third-order valence-corrected chi connectivity index (χ3v) is 5.12. The molecule has 0 bridgehead atoms. The fourth-order valence-corrected chi connectivity index (χ4v) is 3.68. The van der Waals surface area contributed by atoms with Crippen LogP contribution in [0.25, 0.3) is 10.9 Å². The number of nitrogens with one attached hydrogen (secondary N) is 2. The number of aromatic nitrogens is 2. The molecular formula is C16H20N4O. The van der Waals surface area contributed by atoms with E-state index in [1.54, 1.807) is 0 Å². The number of H-pyrrole nitrogens is 1. The standard InChI is InChI=1S/C16H20N4O/c21-15(14-12-3-1-2-4-13(12)18-19-14)20-9-6-16(7-10-20)5-8-17-11-16/h1-4,17H,5-11H2,(H,18,19). The van der Waals surface area contributed by atoms with Crippen molar-refractivity contribution in [2.45, 2.75) is 19.3 Å². The molecule has 0 radical (unpaired) electrons. The number of hydrogen-bond acceptors (Lipinski definition) is 3. The molecular weight excluding hydrogens is 264 g/mol. The normalized spacial score (nSPS) is 21.2. The van der Waals surface area contributed by atoms with Gasteiger partial charge in [-0.25, -0.2) is 0 Å². The van der Waals surface area contributed by atoms with Gasteiger partial charge in [0.2, 0.25) is 0 Å². The number of likely N-dealkylation sites (tertiary alicyclic amines) is 1. The van der Waals surface area contributed by atoms with Crippen molar-refractivity contribution in [2.24, 2.45) is 5.41 Å². The quantitative estimate of drug-likeness (QED) is 0.839. The van der Waals surface area contributed by atoms with E-state index in [9.17, 15) is 4.79 Å². The summed E-state index contributed by atoms with van der Waals surface area (Å²) in [6, 6.07) is 7.81. The molecule has 1 aromatic heterocycles. The summed E-state index contributed by atoms with van der Waals surface area (Å²) >= 11 is 0. The third kappa shape index (κ3) is 2.12. The van der Waals surface area contributed by atoms with Crippen LogP contribution in [0.1, 0.15) is 29.8 Å². The number of piperidine rings is 1. The van der Waals surface area contributed by atoms with Crippen LogP contribution in [0, 0.1) is 5.41 Å². The maximum absolute atomic E-state index is 12.7. The summed E-state index contributed by atoms with van der Waals surface area (Å²) in [5.41, 5.74) is 1.92. The first-order valence-electron chi connectivity index (χ1n) is 7.71. The minimum atomic E-state index is 0.0632. The lowest BCUT2D eigenvalue weighted by atomic mass is 9.78. The highest BCUT2D eigenvalue weighted by atomic mass is 16.2. The van der Waals surface area contributed by atoms with Gasteiger partial charge in [-0.05, 0) is 37.3 Å². The zero-order valence-electron chi connectivity index (χ0n) is 12.1. The van der Waals surface area contributed by atoms with Crippen LogP contribution in [0.5, 0.6) is 0 Å². The van der Waals surface area contributed by atoms with Gasteiger partial charge in [-0.2, -0.15) is 5.10 Å². The lowest BCUT2D eigenvalue weighted by molar-refractivity contribution is 0.0604. The molecule has 4 rings (SSSR count). The largest absolute Gasteiger partial charge is 0.337 e. The second-order valence-electron chi connectivity index (χ2n) is 6.34. The van der Waals surface area contributed by atoms with Crippen molar-refractivity contribution < 1.29 is 4.79 Å². The van der Waals surface area contributed by atoms with Gasteiger partial charge < -0.3 is 10.2 Å². The Bertz CT molecular complexity index is 662. The second-order valence-corrected chi connectivity index (χ2v) is 6.34.